The lowest BCUT2D eigenvalue weighted by atomic mass is 10.1. The van der Waals surface area contributed by atoms with E-state index >= 15 is 0 Å². The van der Waals surface area contributed by atoms with Crippen molar-refractivity contribution < 1.29 is 0 Å². The Morgan fingerprint density at radius 1 is 1.37 bits per heavy atom. The number of imidazole rings is 1. The lowest BCUT2D eigenvalue weighted by molar-refractivity contribution is 0.386. The molecule has 1 unspecified atom stereocenters. The third-order valence-corrected chi connectivity index (χ3v) is 3.24. The smallest absolute Gasteiger partial charge is 0.111 e. The predicted molar refractivity (Wildman–Crippen MR) is 79.4 cm³/mol. The first-order valence-electron chi connectivity index (χ1n) is 6.98. The molecule has 0 fully saturated rings. The van der Waals surface area contributed by atoms with Crippen molar-refractivity contribution in [1.29, 1.82) is 0 Å². The average molecular weight is 260 g/mol. The van der Waals surface area contributed by atoms with Crippen LogP contribution in [-0.2, 0) is 12.0 Å². The van der Waals surface area contributed by atoms with E-state index in [1.54, 1.807) is 0 Å². The van der Waals surface area contributed by atoms with Crippen molar-refractivity contribution in [2.45, 2.75) is 52.6 Å². The molecular weight excluding hydrogens is 236 g/mol. The summed E-state index contributed by atoms with van der Waals surface area (Å²) in [5.74, 6) is 1.13. The molecule has 4 nitrogen and oxygen atoms in total. The quantitative estimate of drug-likeness (QED) is 0.919. The highest BCUT2D eigenvalue weighted by atomic mass is 15.1. The van der Waals surface area contributed by atoms with E-state index in [1.807, 2.05) is 12.4 Å². The minimum absolute atomic E-state index is 0.0252. The Balaban J connectivity index is 2.47. The third-order valence-electron chi connectivity index (χ3n) is 3.24. The van der Waals surface area contributed by atoms with Crippen LogP contribution in [0.25, 0.3) is 11.0 Å². The van der Waals surface area contributed by atoms with Crippen LogP contribution < -0.4 is 5.32 Å². The highest BCUT2D eigenvalue weighted by Crippen LogP contribution is 2.25. The summed E-state index contributed by atoms with van der Waals surface area (Å²) in [4.78, 5) is 8.94. The van der Waals surface area contributed by atoms with E-state index in [1.165, 1.54) is 5.52 Å². The Bertz CT molecular complexity index is 551. The molecule has 0 amide bonds. The minimum atomic E-state index is 0.0252. The van der Waals surface area contributed by atoms with E-state index in [9.17, 15) is 0 Å². The summed E-state index contributed by atoms with van der Waals surface area (Å²) in [7, 11) is 0. The van der Waals surface area contributed by atoms with Gasteiger partial charge in [0.2, 0.25) is 0 Å². The molecule has 1 N–H and O–H groups in total. The van der Waals surface area contributed by atoms with E-state index in [-0.39, 0.29) is 5.54 Å². The second kappa shape index (κ2) is 5.29. The standard InChI is InChI=1S/C15H24N4/c1-6-17-11(2)9-14-18-12-10-16-8-7-13(12)19(14)15(3,4)5/h7-8,10-11,17H,6,9H2,1-5H3. The average Bonchev–Trinajstić information content (AvgIpc) is 2.66. The van der Waals surface area contributed by atoms with E-state index in [0.29, 0.717) is 6.04 Å². The monoisotopic (exact) mass is 260 g/mol. The molecule has 2 rings (SSSR count). The lowest BCUT2D eigenvalue weighted by Gasteiger charge is -2.25. The molecule has 0 saturated heterocycles. The number of rotatable bonds is 4. The predicted octanol–water partition coefficient (Wildman–Crippen LogP) is 2.73. The van der Waals surface area contributed by atoms with Crippen LogP contribution in [0.1, 0.15) is 40.4 Å². The van der Waals surface area contributed by atoms with Gasteiger partial charge in [-0.05, 0) is 40.3 Å². The number of hydrogen-bond donors (Lipinski definition) is 1. The molecule has 0 aromatic carbocycles. The maximum absolute atomic E-state index is 4.76. The number of fused-ring (bicyclic) bond motifs is 1. The van der Waals surface area contributed by atoms with Gasteiger partial charge in [-0.1, -0.05) is 6.92 Å². The van der Waals surface area contributed by atoms with E-state index < -0.39 is 0 Å². The van der Waals surface area contributed by atoms with Crippen molar-refractivity contribution >= 4 is 11.0 Å². The van der Waals surface area contributed by atoms with E-state index in [2.05, 4.69) is 55.6 Å². The first-order valence-corrected chi connectivity index (χ1v) is 6.98. The van der Waals surface area contributed by atoms with Crippen LogP contribution in [0.3, 0.4) is 0 Å². The zero-order chi connectivity index (χ0) is 14.0. The largest absolute Gasteiger partial charge is 0.322 e. The van der Waals surface area contributed by atoms with Crippen LogP contribution in [0, 0.1) is 0 Å². The maximum Gasteiger partial charge on any atom is 0.111 e. The number of pyridine rings is 1. The Morgan fingerprint density at radius 2 is 2.11 bits per heavy atom. The Morgan fingerprint density at radius 3 is 2.74 bits per heavy atom. The van der Waals surface area contributed by atoms with Gasteiger partial charge in [-0.2, -0.15) is 0 Å². The molecule has 0 spiro atoms. The molecule has 2 aromatic heterocycles. The van der Waals surface area contributed by atoms with Crippen molar-refractivity contribution in [2.24, 2.45) is 0 Å². The summed E-state index contributed by atoms with van der Waals surface area (Å²) < 4.78 is 2.33. The van der Waals surface area contributed by atoms with Crippen LogP contribution in [-0.4, -0.2) is 27.1 Å². The van der Waals surface area contributed by atoms with Gasteiger partial charge in [-0.25, -0.2) is 4.98 Å². The molecule has 0 saturated carbocycles. The molecule has 0 aliphatic rings. The topological polar surface area (TPSA) is 42.7 Å². The molecule has 4 heteroatoms. The van der Waals surface area contributed by atoms with Crippen molar-refractivity contribution in [2.75, 3.05) is 6.54 Å². The van der Waals surface area contributed by atoms with Gasteiger partial charge in [0.1, 0.15) is 11.3 Å². The van der Waals surface area contributed by atoms with Gasteiger partial charge in [0.15, 0.2) is 0 Å². The second-order valence-corrected chi connectivity index (χ2v) is 6.06. The molecule has 0 bridgehead atoms. The second-order valence-electron chi connectivity index (χ2n) is 6.06. The van der Waals surface area contributed by atoms with Gasteiger partial charge in [0.05, 0.1) is 11.7 Å². The highest BCUT2D eigenvalue weighted by Gasteiger charge is 2.22. The zero-order valence-corrected chi connectivity index (χ0v) is 12.6. The van der Waals surface area contributed by atoms with Crippen LogP contribution in [0.4, 0.5) is 0 Å². The summed E-state index contributed by atoms with van der Waals surface area (Å²) >= 11 is 0. The molecular formula is C15H24N4. The van der Waals surface area contributed by atoms with Gasteiger partial charge in [-0.15, -0.1) is 0 Å². The molecule has 1 atom stereocenters. The van der Waals surface area contributed by atoms with E-state index in [0.717, 1.165) is 24.3 Å². The van der Waals surface area contributed by atoms with Crippen LogP contribution >= 0.6 is 0 Å². The van der Waals surface area contributed by atoms with Crippen molar-refractivity contribution in [3.63, 3.8) is 0 Å². The summed E-state index contributed by atoms with van der Waals surface area (Å²) in [6.07, 6.45) is 4.61. The van der Waals surface area contributed by atoms with Gasteiger partial charge in [0, 0.05) is 24.2 Å². The summed E-state index contributed by atoms with van der Waals surface area (Å²) in [5, 5.41) is 3.45. The number of likely N-dealkylation sites (N-methyl/N-ethyl adjacent to an activating group) is 1. The summed E-state index contributed by atoms with van der Waals surface area (Å²) in [5.41, 5.74) is 2.18. The first-order chi connectivity index (χ1) is 8.93. The summed E-state index contributed by atoms with van der Waals surface area (Å²) in [6.45, 7) is 12.0. The normalized spacial score (nSPS) is 13.9. The van der Waals surface area contributed by atoms with E-state index in [4.69, 9.17) is 4.98 Å². The van der Waals surface area contributed by atoms with Crippen molar-refractivity contribution in [3.05, 3.63) is 24.3 Å². The van der Waals surface area contributed by atoms with Gasteiger partial charge in [0.25, 0.3) is 0 Å². The van der Waals surface area contributed by atoms with Gasteiger partial charge < -0.3 is 9.88 Å². The zero-order valence-electron chi connectivity index (χ0n) is 12.6. The number of nitrogens with zero attached hydrogens (tertiary/aromatic N) is 3. The Kier molecular flexibility index (Phi) is 3.90. The lowest BCUT2D eigenvalue weighted by Crippen LogP contribution is -2.31. The minimum Gasteiger partial charge on any atom is -0.322 e. The molecule has 2 heterocycles. The first kappa shape index (κ1) is 14.0. The maximum atomic E-state index is 4.76. The number of aromatic nitrogens is 3. The molecule has 19 heavy (non-hydrogen) atoms. The van der Waals surface area contributed by atoms with Crippen LogP contribution in [0.15, 0.2) is 18.5 Å². The highest BCUT2D eigenvalue weighted by molar-refractivity contribution is 5.75. The van der Waals surface area contributed by atoms with Crippen LogP contribution in [0.2, 0.25) is 0 Å². The molecule has 0 radical (unpaired) electrons. The molecule has 104 valence electrons. The SMILES string of the molecule is CCNC(C)Cc1nc2cnccc2n1C(C)(C)C. The van der Waals surface area contributed by atoms with Crippen molar-refractivity contribution in [3.8, 4) is 0 Å². The van der Waals surface area contributed by atoms with Crippen molar-refractivity contribution in [1.82, 2.24) is 19.9 Å². The Hall–Kier alpha value is -1.42. The van der Waals surface area contributed by atoms with Gasteiger partial charge >= 0.3 is 0 Å². The molecule has 0 aliphatic heterocycles. The summed E-state index contributed by atoms with van der Waals surface area (Å²) in [6, 6.07) is 2.48. The number of nitrogens with one attached hydrogen (secondary N) is 1. The molecule has 0 aliphatic carbocycles. The fraction of sp³-hybridized carbons (Fsp3) is 0.600. The fourth-order valence-electron chi connectivity index (χ4n) is 2.56. The van der Waals surface area contributed by atoms with Crippen LogP contribution in [0.5, 0.6) is 0 Å². The van der Waals surface area contributed by atoms with Gasteiger partial charge in [-0.3, -0.25) is 4.98 Å². The molecule has 2 aromatic rings. The third kappa shape index (κ3) is 2.95. The fourth-order valence-corrected chi connectivity index (χ4v) is 2.56. The number of hydrogen-bond acceptors (Lipinski definition) is 3. The Labute approximate surface area is 115 Å².